The number of rotatable bonds is 3. The van der Waals surface area contributed by atoms with Crippen LogP contribution in [0, 0.1) is 11.8 Å². The van der Waals surface area contributed by atoms with Crippen molar-refractivity contribution in [2.75, 3.05) is 20.6 Å². The maximum atomic E-state index is 12.5. The van der Waals surface area contributed by atoms with E-state index in [2.05, 4.69) is 30.8 Å². The lowest BCUT2D eigenvalue weighted by molar-refractivity contribution is -0.139. The minimum Gasteiger partial charge on any atom is -0.337 e. The first kappa shape index (κ1) is 15.3. The molecule has 0 aromatic carbocycles. The monoisotopic (exact) mass is 292 g/mol. The van der Waals surface area contributed by atoms with Crippen LogP contribution < -0.4 is 0 Å². The van der Waals surface area contributed by atoms with Gasteiger partial charge in [-0.05, 0) is 70.9 Å². The van der Waals surface area contributed by atoms with Crippen LogP contribution in [0.2, 0.25) is 0 Å². The van der Waals surface area contributed by atoms with Crippen molar-refractivity contribution >= 4 is 5.91 Å². The summed E-state index contributed by atoms with van der Waals surface area (Å²) in [5.41, 5.74) is 0.236. The van der Waals surface area contributed by atoms with Gasteiger partial charge in [0, 0.05) is 24.5 Å². The Kier molecular flexibility index (Phi) is 4.31. The van der Waals surface area contributed by atoms with E-state index in [1.807, 2.05) is 0 Å². The van der Waals surface area contributed by atoms with Gasteiger partial charge in [-0.2, -0.15) is 0 Å². The molecule has 4 atom stereocenters. The zero-order valence-electron chi connectivity index (χ0n) is 14.1. The molecule has 1 amide bonds. The predicted octanol–water partition coefficient (Wildman–Crippen LogP) is 3.29. The van der Waals surface area contributed by atoms with Crippen LogP contribution >= 0.6 is 0 Å². The number of carbonyl (C=O) groups excluding carboxylic acids is 1. The molecule has 0 aromatic rings. The summed E-state index contributed by atoms with van der Waals surface area (Å²) in [6, 6.07) is 0.719. The lowest BCUT2D eigenvalue weighted by Gasteiger charge is -2.54. The number of nitrogens with zero attached hydrogens (tertiary/aromatic N) is 2. The maximum Gasteiger partial charge on any atom is 0.223 e. The van der Waals surface area contributed by atoms with E-state index in [9.17, 15) is 4.79 Å². The van der Waals surface area contributed by atoms with Gasteiger partial charge in [0.05, 0.1) is 0 Å². The first-order valence-electron chi connectivity index (χ1n) is 9.07. The first-order chi connectivity index (χ1) is 10.1. The van der Waals surface area contributed by atoms with Crippen LogP contribution in [-0.4, -0.2) is 47.9 Å². The normalized spacial score (nSPS) is 40.1. The Morgan fingerprint density at radius 3 is 2.76 bits per heavy atom. The highest BCUT2D eigenvalue weighted by Crippen LogP contribution is 2.53. The molecule has 0 N–H and O–H groups in total. The number of hydrogen-bond donors (Lipinski definition) is 0. The highest BCUT2D eigenvalue weighted by atomic mass is 16.2. The molecule has 3 heteroatoms. The molecule has 3 fully saturated rings. The third-order valence-corrected chi connectivity index (χ3v) is 6.60. The molecule has 3 rings (SSSR count). The highest BCUT2D eigenvalue weighted by molar-refractivity contribution is 5.78. The highest BCUT2D eigenvalue weighted by Gasteiger charge is 2.55. The second kappa shape index (κ2) is 5.91. The number of carbonyl (C=O) groups is 1. The molecule has 2 heterocycles. The Bertz CT molecular complexity index is 395. The lowest BCUT2D eigenvalue weighted by atomic mass is 9.61. The molecule has 1 spiro atoms. The van der Waals surface area contributed by atoms with Gasteiger partial charge >= 0.3 is 0 Å². The summed E-state index contributed by atoms with van der Waals surface area (Å²) in [7, 11) is 4.50. The third-order valence-electron chi connectivity index (χ3n) is 6.60. The maximum absolute atomic E-state index is 12.5. The molecule has 2 saturated heterocycles. The van der Waals surface area contributed by atoms with E-state index in [-0.39, 0.29) is 5.54 Å². The van der Waals surface area contributed by atoms with Crippen LogP contribution in [0.4, 0.5) is 0 Å². The van der Waals surface area contributed by atoms with Gasteiger partial charge in [0.2, 0.25) is 5.91 Å². The molecule has 0 unspecified atom stereocenters. The zero-order valence-corrected chi connectivity index (χ0v) is 14.1. The molecule has 1 aliphatic carbocycles. The molecular formula is C18H32N2O. The van der Waals surface area contributed by atoms with Gasteiger partial charge in [0.25, 0.3) is 0 Å². The summed E-state index contributed by atoms with van der Waals surface area (Å²) < 4.78 is 0. The fourth-order valence-corrected chi connectivity index (χ4v) is 5.84. The molecule has 0 bridgehead atoms. The van der Waals surface area contributed by atoms with Crippen molar-refractivity contribution in [3.8, 4) is 0 Å². The predicted molar refractivity (Wildman–Crippen MR) is 86.1 cm³/mol. The topological polar surface area (TPSA) is 23.6 Å². The van der Waals surface area contributed by atoms with Crippen LogP contribution in [-0.2, 0) is 4.79 Å². The van der Waals surface area contributed by atoms with Crippen LogP contribution in [0.25, 0.3) is 0 Å². The Morgan fingerprint density at radius 2 is 2.05 bits per heavy atom. The smallest absolute Gasteiger partial charge is 0.223 e. The van der Waals surface area contributed by atoms with Crippen LogP contribution in [0.5, 0.6) is 0 Å². The standard InChI is InChI=1S/C18H32N2O/c1-4-7-14-15-8-5-9-17(21)20-13-6-11-18(15,20)12-10-16(14)19(2)3/h14-16H,4-13H2,1-3H3/t14-,15+,16+,18-/m1/s1. The fourth-order valence-electron chi connectivity index (χ4n) is 5.84. The van der Waals surface area contributed by atoms with Gasteiger partial charge in [0.1, 0.15) is 0 Å². The molecule has 3 nitrogen and oxygen atoms in total. The number of amides is 1. The van der Waals surface area contributed by atoms with Crippen LogP contribution in [0.1, 0.15) is 64.7 Å². The van der Waals surface area contributed by atoms with Crippen molar-refractivity contribution in [1.82, 2.24) is 9.80 Å². The average molecular weight is 292 g/mol. The average Bonchev–Trinajstić information content (AvgIpc) is 2.80. The van der Waals surface area contributed by atoms with Crippen LogP contribution in [0.15, 0.2) is 0 Å². The summed E-state index contributed by atoms with van der Waals surface area (Å²) in [6.45, 7) is 3.35. The van der Waals surface area contributed by atoms with E-state index in [4.69, 9.17) is 0 Å². The molecule has 120 valence electrons. The van der Waals surface area contributed by atoms with Crippen LogP contribution in [0.3, 0.4) is 0 Å². The minimum absolute atomic E-state index is 0.236. The van der Waals surface area contributed by atoms with E-state index >= 15 is 0 Å². The minimum atomic E-state index is 0.236. The van der Waals surface area contributed by atoms with Crippen molar-refractivity contribution in [3.63, 3.8) is 0 Å². The molecular weight excluding hydrogens is 260 g/mol. The van der Waals surface area contributed by atoms with Gasteiger partial charge in [-0.25, -0.2) is 0 Å². The van der Waals surface area contributed by atoms with Gasteiger partial charge in [0.15, 0.2) is 0 Å². The van der Waals surface area contributed by atoms with Gasteiger partial charge in [-0.1, -0.05) is 13.3 Å². The first-order valence-corrected chi connectivity index (χ1v) is 9.07. The van der Waals surface area contributed by atoms with E-state index < -0.39 is 0 Å². The molecule has 3 aliphatic rings. The zero-order chi connectivity index (χ0) is 15.0. The van der Waals surface area contributed by atoms with Crippen molar-refractivity contribution < 1.29 is 4.79 Å². The molecule has 0 aromatic heterocycles. The van der Waals surface area contributed by atoms with E-state index in [0.29, 0.717) is 5.91 Å². The molecule has 0 radical (unpaired) electrons. The SMILES string of the molecule is CCC[C@H]1[C@@H](N(C)C)CC[C@@]23CCCN2C(=O)CCC[C@@H]13. The summed E-state index contributed by atoms with van der Waals surface area (Å²) in [6.07, 6.45) is 10.8. The second-order valence-corrected chi connectivity index (χ2v) is 7.77. The Hall–Kier alpha value is -0.570. The summed E-state index contributed by atoms with van der Waals surface area (Å²) >= 11 is 0. The second-order valence-electron chi connectivity index (χ2n) is 7.77. The van der Waals surface area contributed by atoms with Crippen molar-refractivity contribution in [3.05, 3.63) is 0 Å². The number of hydrogen-bond acceptors (Lipinski definition) is 2. The summed E-state index contributed by atoms with van der Waals surface area (Å²) in [5.74, 6) is 1.98. The van der Waals surface area contributed by atoms with E-state index in [1.165, 1.54) is 44.9 Å². The van der Waals surface area contributed by atoms with Gasteiger partial charge in [-0.3, -0.25) is 4.79 Å². The van der Waals surface area contributed by atoms with Gasteiger partial charge < -0.3 is 9.80 Å². The Balaban J connectivity index is 1.95. The van der Waals surface area contributed by atoms with Crippen molar-refractivity contribution in [2.45, 2.75) is 76.3 Å². The lowest BCUT2D eigenvalue weighted by Crippen LogP contribution is -2.59. The van der Waals surface area contributed by atoms with E-state index in [1.54, 1.807) is 0 Å². The quantitative estimate of drug-likeness (QED) is 0.797. The Morgan fingerprint density at radius 1 is 1.24 bits per heavy atom. The largest absolute Gasteiger partial charge is 0.337 e. The molecule has 1 saturated carbocycles. The summed E-state index contributed by atoms with van der Waals surface area (Å²) in [4.78, 5) is 17.3. The molecule has 2 aliphatic heterocycles. The van der Waals surface area contributed by atoms with E-state index in [0.717, 1.165) is 37.3 Å². The van der Waals surface area contributed by atoms with Gasteiger partial charge in [-0.15, -0.1) is 0 Å². The molecule has 21 heavy (non-hydrogen) atoms. The summed E-state index contributed by atoms with van der Waals surface area (Å²) in [5, 5.41) is 0. The van der Waals surface area contributed by atoms with Crippen molar-refractivity contribution in [1.29, 1.82) is 0 Å². The Labute approximate surface area is 130 Å². The fraction of sp³-hybridized carbons (Fsp3) is 0.944. The third kappa shape index (κ3) is 2.42. The van der Waals surface area contributed by atoms with Crippen molar-refractivity contribution in [2.24, 2.45) is 11.8 Å².